The predicted molar refractivity (Wildman–Crippen MR) is 81.4 cm³/mol. The van der Waals surface area contributed by atoms with Crippen molar-refractivity contribution in [2.24, 2.45) is 0 Å². The summed E-state index contributed by atoms with van der Waals surface area (Å²) in [5.74, 6) is 1.06. The summed E-state index contributed by atoms with van der Waals surface area (Å²) in [5.41, 5.74) is 0. The van der Waals surface area contributed by atoms with Gasteiger partial charge in [0.15, 0.2) is 0 Å². The fourth-order valence-electron chi connectivity index (χ4n) is 1.64. The van der Waals surface area contributed by atoms with E-state index in [-0.39, 0.29) is 0 Å². The maximum absolute atomic E-state index is 5.07. The summed E-state index contributed by atoms with van der Waals surface area (Å²) in [6, 6.07) is 0.885. The van der Waals surface area contributed by atoms with Crippen LogP contribution in [-0.2, 0) is 0 Å². The Morgan fingerprint density at radius 2 is 1.80 bits per heavy atom. The highest BCUT2D eigenvalue weighted by molar-refractivity contribution is 5.35. The monoisotopic (exact) mass is 282 g/mol. The average molecular weight is 282 g/mol. The van der Waals surface area contributed by atoms with Gasteiger partial charge in [0.1, 0.15) is 0 Å². The van der Waals surface area contributed by atoms with Gasteiger partial charge in [-0.25, -0.2) is 0 Å². The van der Waals surface area contributed by atoms with Crippen molar-refractivity contribution in [2.75, 3.05) is 44.4 Å². The molecule has 114 valence electrons. The highest BCUT2D eigenvalue weighted by atomic mass is 16.5. The van der Waals surface area contributed by atoms with Crippen LogP contribution in [-0.4, -0.2) is 59.7 Å². The molecule has 0 aromatic carbocycles. The Labute approximate surface area is 121 Å². The van der Waals surface area contributed by atoms with Gasteiger partial charge < -0.3 is 20.3 Å². The first-order valence-corrected chi connectivity index (χ1v) is 7.08. The minimum Gasteiger partial charge on any atom is -0.467 e. The van der Waals surface area contributed by atoms with Crippen molar-refractivity contribution in [3.05, 3.63) is 0 Å². The van der Waals surface area contributed by atoms with Gasteiger partial charge in [-0.15, -0.1) is 0 Å². The lowest BCUT2D eigenvalue weighted by molar-refractivity contribution is 0.261. The summed E-state index contributed by atoms with van der Waals surface area (Å²) in [6.45, 7) is 8.86. The molecule has 0 aliphatic rings. The van der Waals surface area contributed by atoms with Gasteiger partial charge in [-0.05, 0) is 27.3 Å². The molecule has 1 heterocycles. The third-order valence-electron chi connectivity index (χ3n) is 3.22. The summed E-state index contributed by atoms with van der Waals surface area (Å²) in [6.07, 6.45) is 1.14. The Morgan fingerprint density at radius 3 is 2.35 bits per heavy atom. The minimum absolute atomic E-state index is 0.314. The number of nitrogens with zero attached hydrogens (tertiary/aromatic N) is 4. The number of ether oxygens (including phenoxy) is 1. The second-order valence-electron chi connectivity index (χ2n) is 4.66. The van der Waals surface area contributed by atoms with Crippen molar-refractivity contribution >= 4 is 11.9 Å². The fourth-order valence-corrected chi connectivity index (χ4v) is 1.64. The lowest BCUT2D eigenvalue weighted by Gasteiger charge is -2.23. The number of methoxy groups -OCH3 is 1. The second kappa shape index (κ2) is 8.52. The molecule has 1 rings (SSSR count). The fraction of sp³-hybridized carbons (Fsp3) is 0.769. The van der Waals surface area contributed by atoms with E-state index in [0.717, 1.165) is 26.1 Å². The quantitative estimate of drug-likeness (QED) is 0.710. The zero-order chi connectivity index (χ0) is 15.0. The standard InChI is InChI=1S/C13H26N6O/c1-6-10(3)19(4)9-8-15-12-16-11(14-7-2)17-13(18-12)20-5/h10H,6-9H2,1-5H3,(H2,14,15,16,17,18). The van der Waals surface area contributed by atoms with Gasteiger partial charge in [-0.1, -0.05) is 6.92 Å². The summed E-state index contributed by atoms with van der Waals surface area (Å²) in [5, 5.41) is 6.26. The molecule has 0 fully saturated rings. The Hall–Kier alpha value is -1.63. The third-order valence-corrected chi connectivity index (χ3v) is 3.22. The molecule has 0 bridgehead atoms. The van der Waals surface area contributed by atoms with E-state index in [9.17, 15) is 0 Å². The molecule has 0 radical (unpaired) electrons. The minimum atomic E-state index is 0.314. The zero-order valence-corrected chi connectivity index (χ0v) is 13.1. The average Bonchev–Trinajstić information content (AvgIpc) is 2.46. The SMILES string of the molecule is CCNc1nc(NCCN(C)C(C)CC)nc(OC)n1. The maximum atomic E-state index is 5.07. The number of nitrogens with one attached hydrogen (secondary N) is 2. The van der Waals surface area contributed by atoms with Gasteiger partial charge in [0, 0.05) is 25.7 Å². The van der Waals surface area contributed by atoms with Crippen LogP contribution in [0.2, 0.25) is 0 Å². The number of anilines is 2. The van der Waals surface area contributed by atoms with Crippen LogP contribution in [0.3, 0.4) is 0 Å². The number of hydrogen-bond donors (Lipinski definition) is 2. The first-order chi connectivity index (χ1) is 9.60. The van der Waals surface area contributed by atoms with Crippen LogP contribution >= 0.6 is 0 Å². The first kappa shape index (κ1) is 16.4. The Morgan fingerprint density at radius 1 is 1.15 bits per heavy atom. The Kier molecular flexibility index (Phi) is 7.00. The highest BCUT2D eigenvalue weighted by Crippen LogP contribution is 2.10. The highest BCUT2D eigenvalue weighted by Gasteiger charge is 2.08. The van der Waals surface area contributed by atoms with E-state index in [1.807, 2.05) is 6.92 Å². The van der Waals surface area contributed by atoms with E-state index in [1.54, 1.807) is 7.11 Å². The van der Waals surface area contributed by atoms with Crippen molar-refractivity contribution in [1.82, 2.24) is 19.9 Å². The summed E-state index contributed by atoms with van der Waals surface area (Å²) < 4.78 is 5.07. The molecule has 1 aromatic rings. The lowest BCUT2D eigenvalue weighted by Crippen LogP contribution is -2.33. The van der Waals surface area contributed by atoms with Crippen molar-refractivity contribution in [3.63, 3.8) is 0 Å². The summed E-state index contributed by atoms with van der Waals surface area (Å²) in [4.78, 5) is 14.9. The molecule has 0 aliphatic heterocycles. The first-order valence-electron chi connectivity index (χ1n) is 7.08. The number of likely N-dealkylation sites (N-methyl/N-ethyl adjacent to an activating group) is 1. The van der Waals surface area contributed by atoms with Crippen LogP contribution in [0.25, 0.3) is 0 Å². The van der Waals surface area contributed by atoms with Crippen LogP contribution in [0.5, 0.6) is 6.01 Å². The predicted octanol–water partition coefficient (Wildman–Crippen LogP) is 1.45. The summed E-state index contributed by atoms with van der Waals surface area (Å²) >= 11 is 0. The number of hydrogen-bond acceptors (Lipinski definition) is 7. The molecule has 20 heavy (non-hydrogen) atoms. The van der Waals surface area contributed by atoms with Crippen LogP contribution in [0.15, 0.2) is 0 Å². The maximum Gasteiger partial charge on any atom is 0.322 e. The molecule has 7 nitrogen and oxygen atoms in total. The van der Waals surface area contributed by atoms with Gasteiger partial charge in [-0.2, -0.15) is 15.0 Å². The van der Waals surface area contributed by atoms with Crippen molar-refractivity contribution in [1.29, 1.82) is 0 Å². The molecule has 1 unspecified atom stereocenters. The molecular weight excluding hydrogens is 256 g/mol. The van der Waals surface area contributed by atoms with E-state index >= 15 is 0 Å². The number of rotatable bonds is 9. The Balaban J connectivity index is 2.56. The molecule has 0 saturated carbocycles. The smallest absolute Gasteiger partial charge is 0.322 e. The normalized spacial score (nSPS) is 12.3. The van der Waals surface area contributed by atoms with Crippen LogP contribution in [0.4, 0.5) is 11.9 Å². The molecule has 0 amide bonds. The van der Waals surface area contributed by atoms with Gasteiger partial charge in [0.2, 0.25) is 11.9 Å². The molecule has 0 spiro atoms. The van der Waals surface area contributed by atoms with E-state index < -0.39 is 0 Å². The Bertz CT molecular complexity index is 400. The van der Waals surface area contributed by atoms with Crippen LogP contribution in [0.1, 0.15) is 27.2 Å². The molecule has 2 N–H and O–H groups in total. The topological polar surface area (TPSA) is 75.2 Å². The number of aromatic nitrogens is 3. The van der Waals surface area contributed by atoms with Gasteiger partial charge >= 0.3 is 6.01 Å². The molecular formula is C13H26N6O. The zero-order valence-electron chi connectivity index (χ0n) is 13.1. The van der Waals surface area contributed by atoms with E-state index in [0.29, 0.717) is 23.9 Å². The van der Waals surface area contributed by atoms with E-state index in [1.165, 1.54) is 0 Å². The van der Waals surface area contributed by atoms with Crippen molar-refractivity contribution < 1.29 is 4.74 Å². The molecule has 1 atom stereocenters. The van der Waals surface area contributed by atoms with Crippen molar-refractivity contribution in [3.8, 4) is 6.01 Å². The van der Waals surface area contributed by atoms with Crippen LogP contribution < -0.4 is 15.4 Å². The van der Waals surface area contributed by atoms with Gasteiger partial charge in [0.25, 0.3) is 0 Å². The van der Waals surface area contributed by atoms with E-state index in [2.05, 4.69) is 51.4 Å². The van der Waals surface area contributed by atoms with Crippen LogP contribution in [0, 0.1) is 0 Å². The van der Waals surface area contributed by atoms with Gasteiger partial charge in [-0.3, -0.25) is 0 Å². The molecule has 0 saturated heterocycles. The lowest BCUT2D eigenvalue weighted by atomic mass is 10.2. The molecule has 1 aromatic heterocycles. The van der Waals surface area contributed by atoms with Crippen molar-refractivity contribution in [2.45, 2.75) is 33.2 Å². The molecule has 0 aliphatic carbocycles. The van der Waals surface area contributed by atoms with E-state index in [4.69, 9.17) is 4.74 Å². The third kappa shape index (κ3) is 5.16. The second-order valence-corrected chi connectivity index (χ2v) is 4.66. The summed E-state index contributed by atoms with van der Waals surface area (Å²) in [7, 11) is 3.67. The molecule has 7 heteroatoms. The van der Waals surface area contributed by atoms with Gasteiger partial charge in [0.05, 0.1) is 7.11 Å². The largest absolute Gasteiger partial charge is 0.467 e.